The maximum Gasteiger partial charge on any atom is 0.257 e. The smallest absolute Gasteiger partial charge is 0.257 e. The molecule has 0 aliphatic heterocycles. The average Bonchev–Trinajstić information content (AvgIpc) is 3.13. The molecule has 1 N–H and O–H groups in total. The van der Waals surface area contributed by atoms with E-state index in [1.54, 1.807) is 10.6 Å². The monoisotopic (exact) mass is 406 g/mol. The van der Waals surface area contributed by atoms with Crippen LogP contribution in [-0.4, -0.2) is 23.7 Å². The zero-order chi connectivity index (χ0) is 18.7. The molecule has 1 amide bonds. The van der Waals surface area contributed by atoms with Crippen LogP contribution in [0.2, 0.25) is 5.15 Å². The molecule has 3 aromatic rings. The van der Waals surface area contributed by atoms with Crippen LogP contribution >= 0.6 is 22.9 Å². The summed E-state index contributed by atoms with van der Waals surface area (Å²) in [4.78, 5) is 16.7. The summed E-state index contributed by atoms with van der Waals surface area (Å²) in [5, 5.41) is 10.8. The summed E-state index contributed by atoms with van der Waals surface area (Å²) < 4.78 is 27.8. The molecule has 10 heteroatoms. The topological polar surface area (TPSA) is 104 Å². The van der Waals surface area contributed by atoms with Gasteiger partial charge in [0.25, 0.3) is 5.91 Å². The molecule has 0 saturated carbocycles. The summed E-state index contributed by atoms with van der Waals surface area (Å²) in [7, 11) is -3.87. The predicted octanol–water partition coefficient (Wildman–Crippen LogP) is 2.58. The second-order valence-electron chi connectivity index (χ2n) is 5.21. The fraction of sp³-hybridized carbons (Fsp3) is 0.0625. The third kappa shape index (κ3) is 4.11. The van der Waals surface area contributed by atoms with E-state index in [0.717, 1.165) is 6.08 Å². The number of rotatable bonds is 5. The molecule has 0 radical (unpaired) electrons. The van der Waals surface area contributed by atoms with Crippen molar-refractivity contribution in [3.05, 3.63) is 63.9 Å². The number of benzene rings is 1. The van der Waals surface area contributed by atoms with Crippen molar-refractivity contribution in [1.82, 2.24) is 14.1 Å². The number of nitrogens with zero attached hydrogens (tertiary/aromatic N) is 3. The Bertz CT molecular complexity index is 1140. The van der Waals surface area contributed by atoms with E-state index in [1.165, 1.54) is 41.7 Å². The van der Waals surface area contributed by atoms with E-state index in [1.807, 2.05) is 16.2 Å². The molecule has 0 bridgehead atoms. The first-order chi connectivity index (χ1) is 12.4. The number of sulfonamides is 1. The zero-order valence-corrected chi connectivity index (χ0v) is 15.5. The summed E-state index contributed by atoms with van der Waals surface area (Å²) in [6, 6.07) is 8.03. The van der Waals surface area contributed by atoms with Crippen LogP contribution in [0, 0.1) is 11.3 Å². The van der Waals surface area contributed by atoms with Gasteiger partial charge in [0, 0.05) is 17.7 Å². The first-order valence-electron chi connectivity index (χ1n) is 7.20. The molecule has 2 aromatic heterocycles. The number of halogens is 1. The second-order valence-corrected chi connectivity index (χ2v) is 8.16. The lowest BCUT2D eigenvalue weighted by molar-refractivity contribution is -0.114. The van der Waals surface area contributed by atoms with E-state index in [-0.39, 0.29) is 10.9 Å². The van der Waals surface area contributed by atoms with Gasteiger partial charge in [0.2, 0.25) is 10.0 Å². The van der Waals surface area contributed by atoms with Gasteiger partial charge in [-0.3, -0.25) is 9.20 Å². The van der Waals surface area contributed by atoms with Gasteiger partial charge in [-0.25, -0.2) is 18.1 Å². The van der Waals surface area contributed by atoms with Crippen molar-refractivity contribution in [2.75, 3.05) is 0 Å². The van der Waals surface area contributed by atoms with Gasteiger partial charge >= 0.3 is 0 Å². The quantitative estimate of drug-likeness (QED) is 0.655. The van der Waals surface area contributed by atoms with Crippen LogP contribution in [-0.2, 0) is 20.6 Å². The molecule has 0 spiro atoms. The minimum absolute atomic E-state index is 0.223. The Labute approximate surface area is 158 Å². The number of carbonyl (C=O) groups is 1. The van der Waals surface area contributed by atoms with Crippen molar-refractivity contribution in [3.8, 4) is 6.07 Å². The third-order valence-electron chi connectivity index (χ3n) is 3.34. The second kappa shape index (κ2) is 7.29. The van der Waals surface area contributed by atoms with Gasteiger partial charge in [0.15, 0.2) is 10.1 Å². The molecule has 0 atom stereocenters. The summed E-state index contributed by atoms with van der Waals surface area (Å²) in [6.45, 7) is 0. The number of nitriles is 1. The molecule has 2 heterocycles. The molecular formula is C16H11ClN4O3S2. The Kier molecular flexibility index (Phi) is 5.08. The number of thiazole rings is 1. The van der Waals surface area contributed by atoms with Crippen molar-refractivity contribution in [2.24, 2.45) is 0 Å². The number of amides is 1. The lowest BCUT2D eigenvalue weighted by Gasteiger charge is -2.05. The van der Waals surface area contributed by atoms with Crippen molar-refractivity contribution >= 4 is 49.9 Å². The van der Waals surface area contributed by atoms with E-state index >= 15 is 0 Å². The molecule has 0 unspecified atom stereocenters. The number of nitrogens with one attached hydrogen (secondary N) is 1. The normalized spacial score (nSPS) is 11.7. The van der Waals surface area contributed by atoms with Gasteiger partial charge in [0.05, 0.1) is 23.1 Å². The summed E-state index contributed by atoms with van der Waals surface area (Å²) >= 11 is 7.40. The number of hydrogen-bond acceptors (Lipinski definition) is 6. The first kappa shape index (κ1) is 18.1. The molecule has 132 valence electrons. The van der Waals surface area contributed by atoms with E-state index in [9.17, 15) is 13.2 Å². The maximum absolute atomic E-state index is 12.1. The highest BCUT2D eigenvalue weighted by atomic mass is 35.5. The first-order valence-corrected chi connectivity index (χ1v) is 10.1. The molecule has 0 fully saturated rings. The number of imidazole rings is 1. The minimum Gasteiger partial charge on any atom is -0.289 e. The van der Waals surface area contributed by atoms with E-state index in [2.05, 4.69) is 4.98 Å². The number of aromatic nitrogens is 2. The zero-order valence-electron chi connectivity index (χ0n) is 13.1. The average molecular weight is 407 g/mol. The summed E-state index contributed by atoms with van der Waals surface area (Å²) in [5.74, 6) is -1.17. The molecule has 3 rings (SSSR count). The lowest BCUT2D eigenvalue weighted by atomic mass is 10.2. The molecule has 0 aliphatic carbocycles. The molecule has 7 nitrogen and oxygen atoms in total. The van der Waals surface area contributed by atoms with Crippen LogP contribution < -0.4 is 4.72 Å². The van der Waals surface area contributed by atoms with Crippen LogP contribution in [0.25, 0.3) is 11.0 Å². The highest BCUT2D eigenvalue weighted by Gasteiger charge is 2.15. The largest absolute Gasteiger partial charge is 0.289 e. The van der Waals surface area contributed by atoms with Crippen LogP contribution in [0.5, 0.6) is 0 Å². The Balaban J connectivity index is 1.69. The molecule has 0 aliphatic rings. The molecular weight excluding hydrogens is 396 g/mol. The van der Waals surface area contributed by atoms with Gasteiger partial charge < -0.3 is 0 Å². The Morgan fingerprint density at radius 3 is 2.81 bits per heavy atom. The van der Waals surface area contributed by atoms with Crippen molar-refractivity contribution < 1.29 is 13.2 Å². The van der Waals surface area contributed by atoms with Crippen molar-refractivity contribution in [1.29, 1.82) is 5.26 Å². The number of carbonyl (C=O) groups excluding carboxylic acids is 1. The van der Waals surface area contributed by atoms with Crippen molar-refractivity contribution in [2.45, 2.75) is 5.75 Å². The Hall–Kier alpha value is -2.67. The fourth-order valence-electron chi connectivity index (χ4n) is 2.20. The van der Waals surface area contributed by atoms with Gasteiger partial charge in [-0.15, -0.1) is 11.3 Å². The SMILES string of the molecule is N#Cc1ccc(CS(=O)(=O)NC(=O)/C=C/c2c(Cl)nc3sccn23)cc1. The van der Waals surface area contributed by atoms with Crippen LogP contribution in [0.1, 0.15) is 16.8 Å². The van der Waals surface area contributed by atoms with E-state index in [0.29, 0.717) is 21.8 Å². The van der Waals surface area contributed by atoms with Crippen LogP contribution in [0.4, 0.5) is 0 Å². The summed E-state index contributed by atoms with van der Waals surface area (Å²) in [6.07, 6.45) is 4.24. The molecule has 0 saturated heterocycles. The van der Waals surface area contributed by atoms with E-state index < -0.39 is 15.9 Å². The van der Waals surface area contributed by atoms with Gasteiger partial charge in [0.1, 0.15) is 0 Å². The van der Waals surface area contributed by atoms with Crippen LogP contribution in [0.3, 0.4) is 0 Å². The lowest BCUT2D eigenvalue weighted by Crippen LogP contribution is -2.30. The summed E-state index contributed by atoms with van der Waals surface area (Å²) in [5.41, 5.74) is 1.38. The van der Waals surface area contributed by atoms with Gasteiger partial charge in [-0.2, -0.15) is 5.26 Å². The fourth-order valence-corrected chi connectivity index (χ4v) is 4.28. The Morgan fingerprint density at radius 2 is 2.12 bits per heavy atom. The highest BCUT2D eigenvalue weighted by Crippen LogP contribution is 2.22. The van der Waals surface area contributed by atoms with Crippen molar-refractivity contribution in [3.63, 3.8) is 0 Å². The van der Waals surface area contributed by atoms with Crippen LogP contribution in [0.15, 0.2) is 41.9 Å². The standard InChI is InChI=1S/C16H11ClN4O3S2/c17-15-13(21-7-8-25-16(21)19-15)5-6-14(22)20-26(23,24)10-12-3-1-11(9-18)2-4-12/h1-8H,10H2,(H,20,22)/b6-5+. The van der Waals surface area contributed by atoms with Gasteiger partial charge in [-0.1, -0.05) is 23.7 Å². The Morgan fingerprint density at radius 1 is 1.38 bits per heavy atom. The highest BCUT2D eigenvalue weighted by molar-refractivity contribution is 7.89. The van der Waals surface area contributed by atoms with Gasteiger partial charge in [-0.05, 0) is 23.8 Å². The number of hydrogen-bond donors (Lipinski definition) is 1. The van der Waals surface area contributed by atoms with E-state index in [4.69, 9.17) is 16.9 Å². The molecule has 26 heavy (non-hydrogen) atoms. The maximum atomic E-state index is 12.1. The molecule has 1 aromatic carbocycles. The third-order valence-corrected chi connectivity index (χ3v) is 5.60. The predicted molar refractivity (Wildman–Crippen MR) is 99.0 cm³/mol. The minimum atomic E-state index is -3.87. The number of fused-ring (bicyclic) bond motifs is 1.